The summed E-state index contributed by atoms with van der Waals surface area (Å²) in [6.45, 7) is 6.76. The standard InChI is InChI=1S/C17H27NO2/c1-14(7-8-18-9-10-19-2)3-4-15-5-6-16-12-20-13-17(16)11-15/h5-6,11,14,18H,3-4,7-10,12-13H2,1-2H3. The summed E-state index contributed by atoms with van der Waals surface area (Å²) in [5.74, 6) is 0.759. The fourth-order valence-corrected chi connectivity index (χ4v) is 2.59. The molecule has 0 spiro atoms. The van der Waals surface area contributed by atoms with Crippen LogP contribution in [0, 0.1) is 5.92 Å². The second kappa shape index (κ2) is 8.40. The molecule has 0 fully saturated rings. The zero-order valence-electron chi connectivity index (χ0n) is 12.8. The summed E-state index contributed by atoms with van der Waals surface area (Å²) in [5, 5.41) is 3.41. The molecule has 1 aliphatic rings. The van der Waals surface area contributed by atoms with Crippen molar-refractivity contribution in [3.8, 4) is 0 Å². The minimum absolute atomic E-state index is 0.759. The highest BCUT2D eigenvalue weighted by atomic mass is 16.5. The number of hydrogen-bond donors (Lipinski definition) is 1. The molecule has 112 valence electrons. The molecule has 1 aromatic carbocycles. The second-order valence-electron chi connectivity index (χ2n) is 5.77. The minimum Gasteiger partial charge on any atom is -0.383 e. The Morgan fingerprint density at radius 2 is 2.05 bits per heavy atom. The Morgan fingerprint density at radius 1 is 1.20 bits per heavy atom. The van der Waals surface area contributed by atoms with Gasteiger partial charge in [0.25, 0.3) is 0 Å². The van der Waals surface area contributed by atoms with Crippen LogP contribution in [0.25, 0.3) is 0 Å². The summed E-state index contributed by atoms with van der Waals surface area (Å²) in [6, 6.07) is 6.82. The number of rotatable bonds is 9. The molecule has 1 aromatic rings. The molecule has 1 atom stereocenters. The summed E-state index contributed by atoms with van der Waals surface area (Å²) in [6.07, 6.45) is 3.66. The molecule has 0 saturated carbocycles. The van der Waals surface area contributed by atoms with E-state index in [1.807, 2.05) is 0 Å². The van der Waals surface area contributed by atoms with Crippen LogP contribution in [0.4, 0.5) is 0 Å². The monoisotopic (exact) mass is 277 g/mol. The first-order valence-electron chi connectivity index (χ1n) is 7.67. The van der Waals surface area contributed by atoms with E-state index in [1.165, 1.54) is 36.0 Å². The van der Waals surface area contributed by atoms with Crippen molar-refractivity contribution in [1.82, 2.24) is 5.32 Å². The Morgan fingerprint density at radius 3 is 2.90 bits per heavy atom. The van der Waals surface area contributed by atoms with Crippen LogP contribution < -0.4 is 5.32 Å². The third kappa shape index (κ3) is 4.89. The Balaban J connectivity index is 1.64. The second-order valence-corrected chi connectivity index (χ2v) is 5.77. The lowest BCUT2D eigenvalue weighted by Crippen LogP contribution is -2.21. The lowest BCUT2D eigenvalue weighted by Gasteiger charge is -2.12. The number of nitrogens with one attached hydrogen (secondary N) is 1. The van der Waals surface area contributed by atoms with Crippen LogP contribution in [-0.2, 0) is 29.1 Å². The fraction of sp³-hybridized carbons (Fsp3) is 0.647. The van der Waals surface area contributed by atoms with Crippen LogP contribution >= 0.6 is 0 Å². The van der Waals surface area contributed by atoms with Crippen molar-refractivity contribution in [2.75, 3.05) is 26.8 Å². The zero-order chi connectivity index (χ0) is 14.2. The van der Waals surface area contributed by atoms with E-state index in [0.29, 0.717) is 0 Å². The molecule has 0 radical (unpaired) electrons. The lowest BCUT2D eigenvalue weighted by molar-refractivity contribution is 0.134. The van der Waals surface area contributed by atoms with Gasteiger partial charge in [-0.3, -0.25) is 0 Å². The molecule has 1 N–H and O–H groups in total. The van der Waals surface area contributed by atoms with Gasteiger partial charge in [0, 0.05) is 13.7 Å². The maximum Gasteiger partial charge on any atom is 0.0725 e. The summed E-state index contributed by atoms with van der Waals surface area (Å²) >= 11 is 0. The van der Waals surface area contributed by atoms with Crippen molar-refractivity contribution in [2.24, 2.45) is 5.92 Å². The van der Waals surface area contributed by atoms with Gasteiger partial charge in [0.05, 0.1) is 19.8 Å². The van der Waals surface area contributed by atoms with Crippen LogP contribution in [0.1, 0.15) is 36.5 Å². The van der Waals surface area contributed by atoms with Gasteiger partial charge >= 0.3 is 0 Å². The Kier molecular flexibility index (Phi) is 6.51. The molecule has 0 amide bonds. The number of hydrogen-bond acceptors (Lipinski definition) is 3. The molecule has 1 aliphatic heterocycles. The van der Waals surface area contributed by atoms with E-state index in [1.54, 1.807) is 7.11 Å². The number of fused-ring (bicyclic) bond motifs is 1. The van der Waals surface area contributed by atoms with Crippen molar-refractivity contribution in [1.29, 1.82) is 0 Å². The van der Waals surface area contributed by atoms with E-state index in [9.17, 15) is 0 Å². The van der Waals surface area contributed by atoms with Crippen LogP contribution in [0.15, 0.2) is 18.2 Å². The molecule has 20 heavy (non-hydrogen) atoms. The van der Waals surface area contributed by atoms with Crippen molar-refractivity contribution in [3.63, 3.8) is 0 Å². The highest BCUT2D eigenvalue weighted by Gasteiger charge is 2.11. The van der Waals surface area contributed by atoms with E-state index < -0.39 is 0 Å². The number of aryl methyl sites for hydroxylation is 1. The average molecular weight is 277 g/mol. The minimum atomic E-state index is 0.759. The molecule has 3 heteroatoms. The quantitative estimate of drug-likeness (QED) is 0.704. The van der Waals surface area contributed by atoms with E-state index in [2.05, 4.69) is 30.4 Å². The van der Waals surface area contributed by atoms with Crippen molar-refractivity contribution in [2.45, 2.75) is 39.4 Å². The largest absolute Gasteiger partial charge is 0.383 e. The number of methoxy groups -OCH3 is 1. The molecule has 0 aromatic heterocycles. The molecular formula is C17H27NO2. The topological polar surface area (TPSA) is 30.5 Å². The van der Waals surface area contributed by atoms with Gasteiger partial charge in [-0.05, 0) is 48.4 Å². The van der Waals surface area contributed by atoms with Crippen LogP contribution in [0.2, 0.25) is 0 Å². The van der Waals surface area contributed by atoms with Crippen molar-refractivity contribution >= 4 is 0 Å². The van der Waals surface area contributed by atoms with Gasteiger partial charge in [-0.15, -0.1) is 0 Å². The van der Waals surface area contributed by atoms with Gasteiger partial charge in [-0.1, -0.05) is 25.1 Å². The van der Waals surface area contributed by atoms with E-state index in [-0.39, 0.29) is 0 Å². The van der Waals surface area contributed by atoms with Crippen molar-refractivity contribution < 1.29 is 9.47 Å². The SMILES string of the molecule is COCCNCCC(C)CCc1ccc2c(c1)COC2. The third-order valence-electron chi connectivity index (χ3n) is 4.01. The first kappa shape index (κ1) is 15.5. The molecule has 0 saturated heterocycles. The molecular weight excluding hydrogens is 250 g/mol. The van der Waals surface area contributed by atoms with Crippen molar-refractivity contribution in [3.05, 3.63) is 34.9 Å². The van der Waals surface area contributed by atoms with Crippen LogP contribution in [0.3, 0.4) is 0 Å². The van der Waals surface area contributed by atoms with Gasteiger partial charge in [0.15, 0.2) is 0 Å². The Bertz CT molecular complexity index is 406. The number of ether oxygens (including phenoxy) is 2. The first-order valence-corrected chi connectivity index (χ1v) is 7.67. The summed E-state index contributed by atoms with van der Waals surface area (Å²) in [7, 11) is 1.74. The Hall–Kier alpha value is -0.900. The number of benzene rings is 1. The van der Waals surface area contributed by atoms with Crippen LogP contribution in [0.5, 0.6) is 0 Å². The average Bonchev–Trinajstić information content (AvgIpc) is 2.92. The smallest absolute Gasteiger partial charge is 0.0725 e. The summed E-state index contributed by atoms with van der Waals surface area (Å²) in [4.78, 5) is 0. The summed E-state index contributed by atoms with van der Waals surface area (Å²) in [5.41, 5.74) is 4.20. The molecule has 2 rings (SSSR count). The molecule has 0 aliphatic carbocycles. The highest BCUT2D eigenvalue weighted by Crippen LogP contribution is 2.22. The first-order chi connectivity index (χ1) is 9.79. The van der Waals surface area contributed by atoms with E-state index in [4.69, 9.17) is 9.47 Å². The van der Waals surface area contributed by atoms with Gasteiger partial charge in [0.1, 0.15) is 0 Å². The predicted molar refractivity (Wildman–Crippen MR) is 81.8 cm³/mol. The molecule has 1 heterocycles. The Labute approximate surface area is 122 Å². The maximum absolute atomic E-state index is 5.46. The molecule has 1 unspecified atom stereocenters. The highest BCUT2D eigenvalue weighted by molar-refractivity contribution is 5.33. The van der Waals surface area contributed by atoms with Gasteiger partial charge in [-0.25, -0.2) is 0 Å². The van der Waals surface area contributed by atoms with E-state index >= 15 is 0 Å². The molecule has 0 bridgehead atoms. The molecule has 3 nitrogen and oxygen atoms in total. The van der Waals surface area contributed by atoms with E-state index in [0.717, 1.165) is 38.8 Å². The predicted octanol–water partition coefficient (Wildman–Crippen LogP) is 2.91. The van der Waals surface area contributed by atoms with Gasteiger partial charge < -0.3 is 14.8 Å². The normalized spacial score (nSPS) is 15.3. The third-order valence-corrected chi connectivity index (χ3v) is 4.01. The summed E-state index contributed by atoms with van der Waals surface area (Å²) < 4.78 is 10.5. The lowest BCUT2D eigenvalue weighted by atomic mass is 9.96. The fourth-order valence-electron chi connectivity index (χ4n) is 2.59. The van der Waals surface area contributed by atoms with Gasteiger partial charge in [-0.2, -0.15) is 0 Å². The van der Waals surface area contributed by atoms with Gasteiger partial charge in [0.2, 0.25) is 0 Å². The zero-order valence-corrected chi connectivity index (χ0v) is 12.8. The van der Waals surface area contributed by atoms with Crippen LogP contribution in [-0.4, -0.2) is 26.8 Å². The maximum atomic E-state index is 5.46.